The number of hydrogen-bond acceptors (Lipinski definition) is 8. The number of carboxylic acids is 1. The second-order valence-corrected chi connectivity index (χ2v) is 26.6. The normalized spacial score (nSPS) is 13.1. The molecule has 0 bridgehead atoms. The van der Waals surface area contributed by atoms with Gasteiger partial charge in [0.05, 0.1) is 40.3 Å². The zero-order valence-electron chi connectivity index (χ0n) is 59.0. The van der Waals surface area contributed by atoms with Crippen molar-refractivity contribution in [1.82, 2.24) is 0 Å². The van der Waals surface area contributed by atoms with Crippen LogP contribution in [0.1, 0.15) is 348 Å². The van der Waals surface area contributed by atoms with Gasteiger partial charge in [-0.15, -0.1) is 0 Å². The lowest BCUT2D eigenvalue weighted by Gasteiger charge is -2.26. The Kier molecular flexibility index (Phi) is 67.6. The number of hydrogen-bond donors (Lipinski definition) is 0. The Bertz CT molecular complexity index is 1740. The second kappa shape index (κ2) is 70.3. The van der Waals surface area contributed by atoms with Crippen LogP contribution in [-0.4, -0.2) is 82.3 Å². The Labute approximate surface area is 550 Å². The number of carbonyl (C=O) groups is 3. The molecule has 9 heteroatoms. The summed E-state index contributed by atoms with van der Waals surface area (Å²) in [6.07, 6.45) is 92.6. The van der Waals surface area contributed by atoms with Gasteiger partial charge >= 0.3 is 11.9 Å². The smallest absolute Gasteiger partial charge is 0.306 e. The van der Waals surface area contributed by atoms with E-state index >= 15 is 0 Å². The number of rotatable bonds is 70. The molecular weight excluding hydrogens is 1100 g/mol. The average molecular weight is 1250 g/mol. The molecule has 2 unspecified atom stereocenters. The maximum absolute atomic E-state index is 13.0. The Hall–Kier alpha value is -3.53. The van der Waals surface area contributed by atoms with Crippen LogP contribution in [0.15, 0.2) is 85.1 Å². The zero-order chi connectivity index (χ0) is 64.7. The highest BCUT2D eigenvalue weighted by Gasteiger charge is 2.22. The van der Waals surface area contributed by atoms with E-state index in [0.29, 0.717) is 23.9 Å². The topological polar surface area (TPSA) is 111 Å². The van der Waals surface area contributed by atoms with Gasteiger partial charge in [0.25, 0.3) is 0 Å². The Morgan fingerprint density at radius 1 is 0.348 bits per heavy atom. The van der Waals surface area contributed by atoms with Gasteiger partial charge in [0.2, 0.25) is 0 Å². The Morgan fingerprint density at radius 2 is 0.640 bits per heavy atom. The molecule has 0 heterocycles. The van der Waals surface area contributed by atoms with Crippen molar-refractivity contribution in [3.05, 3.63) is 85.1 Å². The molecule has 2 atom stereocenters. The number of esters is 2. The standard InChI is InChI=1S/C80H143NO8/c1-6-8-10-12-14-16-18-20-22-24-26-28-30-32-34-35-36-37-38-39-40-41-42-43-45-47-49-51-53-55-57-59-61-63-65-67-69-71-78(83)89-76(75-88-80(79(84)85)86-73-72-81(3,4)5)74-87-77(82)70-68-66-64-62-60-58-56-54-52-50-48-46-44-33-31-29-27-25-23-21-19-17-15-13-11-9-7-2/h8,10,14,16,20,22,25-28,32,34,36-37,76,80H,6-7,9,11-13,15,17-19,21,23-24,29-31,33,35,38-75H2,1-5H3/b10-8-,16-14-,22-20-,27-25-,28-26-,34-32-,37-36-. The molecule has 0 aromatic rings. The van der Waals surface area contributed by atoms with Crippen LogP contribution in [0.25, 0.3) is 0 Å². The van der Waals surface area contributed by atoms with Crippen molar-refractivity contribution in [2.75, 3.05) is 47.5 Å². The first-order chi connectivity index (χ1) is 43.6. The summed E-state index contributed by atoms with van der Waals surface area (Å²) in [5, 5.41) is 11.8. The zero-order valence-corrected chi connectivity index (χ0v) is 59.0. The van der Waals surface area contributed by atoms with Crippen LogP contribution in [-0.2, 0) is 33.3 Å². The molecule has 516 valence electrons. The summed E-state index contributed by atoms with van der Waals surface area (Å²) in [4.78, 5) is 37.6. The summed E-state index contributed by atoms with van der Waals surface area (Å²) in [7, 11) is 5.94. The lowest BCUT2D eigenvalue weighted by molar-refractivity contribution is -0.870. The highest BCUT2D eigenvalue weighted by Crippen LogP contribution is 2.18. The molecule has 0 saturated carbocycles. The minimum atomic E-state index is -1.62. The van der Waals surface area contributed by atoms with E-state index in [9.17, 15) is 19.5 Å². The fourth-order valence-electron chi connectivity index (χ4n) is 10.9. The van der Waals surface area contributed by atoms with Crippen LogP contribution in [0.2, 0.25) is 0 Å². The van der Waals surface area contributed by atoms with Crippen molar-refractivity contribution in [3.63, 3.8) is 0 Å². The van der Waals surface area contributed by atoms with Crippen LogP contribution < -0.4 is 5.11 Å². The number of aliphatic carboxylic acids is 1. The predicted octanol–water partition coefficient (Wildman–Crippen LogP) is 22.5. The summed E-state index contributed by atoms with van der Waals surface area (Å²) >= 11 is 0. The number of nitrogens with zero attached hydrogens (tertiary/aromatic N) is 1. The van der Waals surface area contributed by atoms with E-state index in [0.717, 1.165) is 70.6 Å². The summed E-state index contributed by atoms with van der Waals surface area (Å²) in [5.41, 5.74) is 0. The summed E-state index contributed by atoms with van der Waals surface area (Å²) in [5.74, 6) is -2.26. The van der Waals surface area contributed by atoms with Gasteiger partial charge in [0.15, 0.2) is 12.4 Å². The number of unbranched alkanes of at least 4 members (excludes halogenated alkanes) is 41. The van der Waals surface area contributed by atoms with Crippen molar-refractivity contribution < 1.29 is 42.9 Å². The third-order valence-electron chi connectivity index (χ3n) is 16.6. The second-order valence-electron chi connectivity index (χ2n) is 26.6. The van der Waals surface area contributed by atoms with Gasteiger partial charge in [0, 0.05) is 12.8 Å². The summed E-state index contributed by atoms with van der Waals surface area (Å²) in [6, 6.07) is 0. The van der Waals surface area contributed by atoms with E-state index in [1.54, 1.807) is 0 Å². The predicted molar refractivity (Wildman–Crippen MR) is 380 cm³/mol. The molecule has 0 spiro atoms. The SMILES string of the molecule is CC/C=C\C/C=C\C/C=C\C/C=C\C/C=C\C/C=C\CCCCCCCCCCCCCCCCCCCCC(=O)OC(COC(=O)CCCCCCCCCCCCCCCCC/C=C\CCCCCCCCCC)COC(OCC[N+](C)(C)C)C(=O)[O-]. The molecule has 0 fully saturated rings. The van der Waals surface area contributed by atoms with E-state index in [-0.39, 0.29) is 32.2 Å². The quantitative estimate of drug-likeness (QED) is 0.0195. The van der Waals surface area contributed by atoms with E-state index in [4.69, 9.17) is 18.9 Å². The first-order valence-electron chi connectivity index (χ1n) is 37.7. The number of allylic oxidation sites excluding steroid dienone is 14. The van der Waals surface area contributed by atoms with Crippen LogP contribution in [0.3, 0.4) is 0 Å². The van der Waals surface area contributed by atoms with E-state index < -0.39 is 24.3 Å². The van der Waals surface area contributed by atoms with Crippen molar-refractivity contribution in [3.8, 4) is 0 Å². The summed E-state index contributed by atoms with van der Waals surface area (Å²) < 4.78 is 22.9. The molecule has 0 N–H and O–H groups in total. The lowest BCUT2D eigenvalue weighted by atomic mass is 10.0. The fourth-order valence-corrected chi connectivity index (χ4v) is 10.9. The molecule has 9 nitrogen and oxygen atoms in total. The molecule has 0 radical (unpaired) electrons. The minimum Gasteiger partial charge on any atom is -0.545 e. The van der Waals surface area contributed by atoms with Gasteiger partial charge in [-0.25, -0.2) is 0 Å². The van der Waals surface area contributed by atoms with Gasteiger partial charge in [-0.2, -0.15) is 0 Å². The fraction of sp³-hybridized carbons (Fsp3) is 0.787. The van der Waals surface area contributed by atoms with E-state index in [1.165, 1.54) is 244 Å². The van der Waals surface area contributed by atoms with Gasteiger partial charge in [-0.3, -0.25) is 9.59 Å². The number of carbonyl (C=O) groups excluding carboxylic acids is 3. The van der Waals surface area contributed by atoms with Crippen LogP contribution in [0, 0.1) is 0 Å². The molecule has 0 aliphatic rings. The molecule has 0 aliphatic carbocycles. The Balaban J connectivity index is 4.04. The third kappa shape index (κ3) is 71.8. The van der Waals surface area contributed by atoms with Crippen molar-refractivity contribution >= 4 is 17.9 Å². The lowest BCUT2D eigenvalue weighted by Crippen LogP contribution is -2.44. The van der Waals surface area contributed by atoms with Gasteiger partial charge < -0.3 is 33.3 Å². The Morgan fingerprint density at radius 3 is 0.966 bits per heavy atom. The van der Waals surface area contributed by atoms with Gasteiger partial charge in [-0.1, -0.05) is 330 Å². The van der Waals surface area contributed by atoms with Gasteiger partial charge in [0.1, 0.15) is 13.2 Å². The van der Waals surface area contributed by atoms with Crippen LogP contribution in [0.5, 0.6) is 0 Å². The minimum absolute atomic E-state index is 0.148. The highest BCUT2D eigenvalue weighted by molar-refractivity contribution is 5.70. The number of likely N-dealkylation sites (N-methyl/N-ethyl adjacent to an activating group) is 1. The van der Waals surface area contributed by atoms with Crippen LogP contribution >= 0.6 is 0 Å². The maximum atomic E-state index is 13.0. The number of quaternary nitrogens is 1. The number of ether oxygens (including phenoxy) is 4. The molecule has 89 heavy (non-hydrogen) atoms. The van der Waals surface area contributed by atoms with Crippen molar-refractivity contribution in [1.29, 1.82) is 0 Å². The van der Waals surface area contributed by atoms with Crippen molar-refractivity contribution in [2.45, 2.75) is 360 Å². The first kappa shape index (κ1) is 85.5. The van der Waals surface area contributed by atoms with Crippen molar-refractivity contribution in [2.24, 2.45) is 0 Å². The molecule has 0 aromatic carbocycles. The number of carboxylic acid groups (broad SMARTS) is 1. The summed E-state index contributed by atoms with van der Waals surface area (Å²) in [6.45, 7) is 4.68. The van der Waals surface area contributed by atoms with E-state index in [1.807, 2.05) is 21.1 Å². The monoisotopic (exact) mass is 1250 g/mol. The molecule has 0 amide bonds. The molecule has 0 aromatic heterocycles. The molecular formula is C80H143NO8. The third-order valence-corrected chi connectivity index (χ3v) is 16.6. The maximum Gasteiger partial charge on any atom is 0.306 e. The average Bonchev–Trinajstić information content (AvgIpc) is 3.70. The molecule has 0 rings (SSSR count). The molecule has 0 saturated heterocycles. The van der Waals surface area contributed by atoms with Gasteiger partial charge in [-0.05, 0) is 89.9 Å². The first-order valence-corrected chi connectivity index (χ1v) is 37.7. The largest absolute Gasteiger partial charge is 0.545 e. The van der Waals surface area contributed by atoms with E-state index in [2.05, 4.69) is 98.9 Å². The molecule has 0 aliphatic heterocycles. The highest BCUT2D eigenvalue weighted by atomic mass is 16.7. The van der Waals surface area contributed by atoms with Crippen LogP contribution in [0.4, 0.5) is 0 Å².